The van der Waals surface area contributed by atoms with Gasteiger partial charge >= 0.3 is 0 Å². The Morgan fingerprint density at radius 2 is 1.81 bits per heavy atom. The first-order valence-electron chi connectivity index (χ1n) is 11.4. The summed E-state index contributed by atoms with van der Waals surface area (Å²) in [4.78, 5) is 19.2. The van der Waals surface area contributed by atoms with E-state index in [1.807, 2.05) is 4.90 Å². The van der Waals surface area contributed by atoms with Crippen LogP contribution in [0.3, 0.4) is 0 Å². The molecule has 170 valence electrons. The number of benzene rings is 2. The van der Waals surface area contributed by atoms with Crippen molar-refractivity contribution in [1.29, 1.82) is 0 Å². The molecular weight excluding hydrogens is 422 g/mol. The Hall–Kier alpha value is -2.67. The van der Waals surface area contributed by atoms with E-state index < -0.39 is 10.0 Å². The van der Waals surface area contributed by atoms with Gasteiger partial charge < -0.3 is 4.90 Å². The van der Waals surface area contributed by atoms with Crippen molar-refractivity contribution < 1.29 is 13.2 Å². The lowest BCUT2D eigenvalue weighted by atomic mass is 9.90. The number of hydrogen-bond acceptors (Lipinski definition) is 4. The van der Waals surface area contributed by atoms with Crippen LogP contribution in [0.5, 0.6) is 0 Å². The monoisotopic (exact) mass is 453 g/mol. The van der Waals surface area contributed by atoms with Gasteiger partial charge in [0.2, 0.25) is 5.91 Å². The number of aryl methyl sites for hydroxylation is 2. The Bertz CT molecular complexity index is 1090. The Labute approximate surface area is 190 Å². The van der Waals surface area contributed by atoms with Crippen LogP contribution >= 0.6 is 0 Å². The first-order chi connectivity index (χ1) is 15.4. The number of rotatable bonds is 7. The van der Waals surface area contributed by atoms with E-state index in [1.54, 1.807) is 24.3 Å². The predicted octanol–water partition coefficient (Wildman–Crippen LogP) is 3.69. The number of sulfonamides is 1. The number of nitrogens with zero attached hydrogens (tertiary/aromatic N) is 2. The van der Waals surface area contributed by atoms with Gasteiger partial charge in [-0.3, -0.25) is 14.5 Å². The van der Waals surface area contributed by atoms with Gasteiger partial charge in [-0.25, -0.2) is 8.42 Å². The standard InChI is InChI=1S/C25H31N3O3S/c1-19-8-10-20(11-9-19)12-13-21-14-17-28(18-15-21)24(29)7-4-16-26-25-22-5-2-3-6-23(22)32(30,31)27-25/h2-3,5-6,8-11,21H,4,7,12-18H2,1H3,(H,26,27). The molecule has 1 N–H and O–H groups in total. The third-order valence-corrected chi connectivity index (χ3v) is 7.81. The lowest BCUT2D eigenvalue weighted by Gasteiger charge is -2.32. The molecule has 0 saturated carbocycles. The number of likely N-dealkylation sites (tertiary alicyclic amines) is 1. The summed E-state index contributed by atoms with van der Waals surface area (Å²) in [6.07, 6.45) is 5.47. The van der Waals surface area contributed by atoms with Crippen molar-refractivity contribution in [2.24, 2.45) is 10.9 Å². The van der Waals surface area contributed by atoms with E-state index in [0.29, 0.717) is 36.7 Å². The summed E-state index contributed by atoms with van der Waals surface area (Å²) in [7, 11) is -3.51. The van der Waals surface area contributed by atoms with Crippen molar-refractivity contribution in [2.75, 3.05) is 19.6 Å². The van der Waals surface area contributed by atoms with Crippen molar-refractivity contribution in [3.8, 4) is 0 Å². The lowest BCUT2D eigenvalue weighted by molar-refractivity contribution is -0.132. The van der Waals surface area contributed by atoms with Crippen LogP contribution < -0.4 is 4.72 Å². The second kappa shape index (κ2) is 9.86. The second-order valence-electron chi connectivity index (χ2n) is 8.78. The first-order valence-corrected chi connectivity index (χ1v) is 12.9. The van der Waals surface area contributed by atoms with Crippen LogP contribution in [0.4, 0.5) is 0 Å². The van der Waals surface area contributed by atoms with E-state index in [2.05, 4.69) is 40.9 Å². The van der Waals surface area contributed by atoms with E-state index in [4.69, 9.17) is 0 Å². The molecule has 1 fully saturated rings. The molecule has 1 amide bonds. The van der Waals surface area contributed by atoms with Gasteiger partial charge in [0.05, 0.1) is 4.90 Å². The Morgan fingerprint density at radius 1 is 1.09 bits per heavy atom. The topological polar surface area (TPSA) is 78.8 Å². The molecule has 0 bridgehead atoms. The largest absolute Gasteiger partial charge is 0.343 e. The second-order valence-corrected chi connectivity index (χ2v) is 10.4. The van der Waals surface area contributed by atoms with Crippen LogP contribution in [0, 0.1) is 12.8 Å². The summed E-state index contributed by atoms with van der Waals surface area (Å²) < 4.78 is 26.8. The molecule has 1 saturated heterocycles. The van der Waals surface area contributed by atoms with Gasteiger partial charge in [-0.05, 0) is 62.6 Å². The minimum Gasteiger partial charge on any atom is -0.343 e. The Kier molecular flexibility index (Phi) is 6.94. The fraction of sp³-hybridized carbons (Fsp3) is 0.440. The fourth-order valence-electron chi connectivity index (χ4n) is 4.43. The normalized spacial score (nSPS) is 19.0. The highest BCUT2D eigenvalue weighted by atomic mass is 32.2. The molecule has 6 nitrogen and oxygen atoms in total. The highest BCUT2D eigenvalue weighted by Crippen LogP contribution is 2.24. The number of fused-ring (bicyclic) bond motifs is 1. The zero-order chi connectivity index (χ0) is 22.6. The third-order valence-electron chi connectivity index (χ3n) is 6.41. The van der Waals surface area contributed by atoms with Crippen LogP contribution in [0.1, 0.15) is 48.8 Å². The number of carbonyl (C=O) groups excluding carboxylic acids is 1. The highest BCUT2D eigenvalue weighted by molar-refractivity contribution is 7.90. The van der Waals surface area contributed by atoms with Gasteiger partial charge in [0.15, 0.2) is 0 Å². The minimum atomic E-state index is -3.51. The van der Waals surface area contributed by atoms with Crippen LogP contribution in [0.25, 0.3) is 0 Å². The average molecular weight is 454 g/mol. The van der Waals surface area contributed by atoms with Crippen LogP contribution in [-0.4, -0.2) is 44.7 Å². The molecular formula is C25H31N3O3S. The van der Waals surface area contributed by atoms with Gasteiger partial charge in [-0.2, -0.15) is 0 Å². The molecule has 2 aliphatic heterocycles. The molecule has 7 heteroatoms. The highest BCUT2D eigenvalue weighted by Gasteiger charge is 2.30. The third kappa shape index (κ3) is 5.38. The van der Waals surface area contributed by atoms with Gasteiger partial charge in [-0.15, -0.1) is 0 Å². The number of nitrogens with one attached hydrogen (secondary N) is 1. The average Bonchev–Trinajstić information content (AvgIpc) is 3.07. The number of amidine groups is 1. The zero-order valence-electron chi connectivity index (χ0n) is 18.6. The molecule has 2 heterocycles. The molecule has 2 aromatic carbocycles. The number of piperidine rings is 1. The van der Waals surface area contributed by atoms with Gasteiger partial charge in [0.25, 0.3) is 10.0 Å². The molecule has 32 heavy (non-hydrogen) atoms. The Morgan fingerprint density at radius 3 is 2.56 bits per heavy atom. The van der Waals surface area contributed by atoms with Gasteiger partial charge in [0, 0.05) is 31.6 Å². The minimum absolute atomic E-state index is 0.176. The van der Waals surface area contributed by atoms with E-state index in [1.165, 1.54) is 17.5 Å². The summed E-state index contributed by atoms with van der Waals surface area (Å²) in [6, 6.07) is 15.6. The maximum Gasteiger partial charge on any atom is 0.263 e. The molecule has 2 aromatic rings. The summed E-state index contributed by atoms with van der Waals surface area (Å²) >= 11 is 0. The zero-order valence-corrected chi connectivity index (χ0v) is 19.4. The summed E-state index contributed by atoms with van der Waals surface area (Å²) in [6.45, 7) is 4.20. The maximum atomic E-state index is 12.6. The van der Waals surface area contributed by atoms with E-state index in [0.717, 1.165) is 32.4 Å². The smallest absolute Gasteiger partial charge is 0.263 e. The van der Waals surface area contributed by atoms with Crippen molar-refractivity contribution in [1.82, 2.24) is 9.62 Å². The van der Waals surface area contributed by atoms with Crippen molar-refractivity contribution >= 4 is 21.8 Å². The van der Waals surface area contributed by atoms with Crippen LogP contribution in [-0.2, 0) is 21.2 Å². The molecule has 0 atom stereocenters. The SMILES string of the molecule is Cc1ccc(CCC2CCN(C(=O)CCCN=C3NS(=O)(=O)c4ccccc43)CC2)cc1. The van der Waals surface area contributed by atoms with Gasteiger partial charge in [0.1, 0.15) is 5.84 Å². The summed E-state index contributed by atoms with van der Waals surface area (Å²) in [5.74, 6) is 1.24. The molecule has 0 unspecified atom stereocenters. The molecule has 2 aliphatic rings. The van der Waals surface area contributed by atoms with E-state index >= 15 is 0 Å². The Balaban J connectivity index is 1.18. The summed E-state index contributed by atoms with van der Waals surface area (Å²) in [5.41, 5.74) is 3.29. The summed E-state index contributed by atoms with van der Waals surface area (Å²) in [5, 5.41) is 0. The first kappa shape index (κ1) is 22.5. The molecule has 0 spiro atoms. The maximum absolute atomic E-state index is 12.6. The number of aliphatic imine (C=N–C) groups is 1. The van der Waals surface area contributed by atoms with Crippen LogP contribution in [0.15, 0.2) is 58.4 Å². The lowest BCUT2D eigenvalue weighted by Crippen LogP contribution is -2.38. The molecule has 4 rings (SSSR count). The van der Waals surface area contributed by atoms with E-state index in [-0.39, 0.29) is 10.8 Å². The number of amides is 1. The quantitative estimate of drug-likeness (QED) is 0.650. The fourth-order valence-corrected chi connectivity index (χ4v) is 5.68. The molecule has 0 aliphatic carbocycles. The number of hydrogen-bond donors (Lipinski definition) is 1. The predicted molar refractivity (Wildman–Crippen MR) is 126 cm³/mol. The van der Waals surface area contributed by atoms with Crippen molar-refractivity contribution in [2.45, 2.75) is 50.3 Å². The van der Waals surface area contributed by atoms with Crippen LogP contribution in [0.2, 0.25) is 0 Å². The van der Waals surface area contributed by atoms with Crippen molar-refractivity contribution in [3.63, 3.8) is 0 Å². The molecule has 0 radical (unpaired) electrons. The van der Waals surface area contributed by atoms with Crippen molar-refractivity contribution in [3.05, 3.63) is 65.2 Å². The van der Waals surface area contributed by atoms with E-state index in [9.17, 15) is 13.2 Å². The number of carbonyl (C=O) groups is 1. The van der Waals surface area contributed by atoms with Gasteiger partial charge in [-0.1, -0.05) is 42.0 Å². The molecule has 0 aromatic heterocycles.